The van der Waals surface area contributed by atoms with Gasteiger partial charge < -0.3 is 20.7 Å². The SMILES string of the molecule is CN1CC(Nc2cc(N)nc3cc(-c4ccnn4C4CCCCO4)sc23)C1. The molecule has 3 aromatic heterocycles. The average molecular weight is 385 g/mol. The Bertz CT molecular complexity index is 954. The number of fused-ring (bicyclic) bond motifs is 1. The van der Waals surface area contributed by atoms with Crippen molar-refractivity contribution in [1.82, 2.24) is 19.7 Å². The maximum absolute atomic E-state index is 6.07. The van der Waals surface area contributed by atoms with E-state index in [2.05, 4.69) is 39.5 Å². The molecule has 8 heteroatoms. The minimum atomic E-state index is 0.0232. The Balaban J connectivity index is 1.51. The second-order valence-electron chi connectivity index (χ2n) is 7.46. The van der Waals surface area contributed by atoms with E-state index in [0.717, 1.165) is 59.0 Å². The van der Waals surface area contributed by atoms with Crippen molar-refractivity contribution in [1.29, 1.82) is 0 Å². The number of nitrogens with zero attached hydrogens (tertiary/aromatic N) is 4. The molecule has 1 atom stereocenters. The van der Waals surface area contributed by atoms with Crippen molar-refractivity contribution in [2.75, 3.05) is 37.8 Å². The minimum absolute atomic E-state index is 0.0232. The Labute approximate surface area is 162 Å². The van der Waals surface area contributed by atoms with Crippen LogP contribution in [0.4, 0.5) is 11.5 Å². The lowest BCUT2D eigenvalue weighted by atomic mass is 10.1. The van der Waals surface area contributed by atoms with Crippen molar-refractivity contribution in [2.45, 2.75) is 31.5 Å². The minimum Gasteiger partial charge on any atom is -0.384 e. The number of hydrogen-bond donors (Lipinski definition) is 2. The van der Waals surface area contributed by atoms with Gasteiger partial charge >= 0.3 is 0 Å². The quantitative estimate of drug-likeness (QED) is 0.719. The Morgan fingerprint density at radius 1 is 1.30 bits per heavy atom. The number of likely N-dealkylation sites (tertiary alicyclic amines) is 1. The summed E-state index contributed by atoms with van der Waals surface area (Å²) in [6.07, 6.45) is 5.19. The van der Waals surface area contributed by atoms with Crippen LogP contribution in [0.1, 0.15) is 25.5 Å². The van der Waals surface area contributed by atoms with Gasteiger partial charge in [0.05, 0.1) is 32.5 Å². The maximum Gasteiger partial charge on any atom is 0.150 e. The van der Waals surface area contributed by atoms with Crippen LogP contribution < -0.4 is 11.1 Å². The number of anilines is 2. The molecule has 27 heavy (non-hydrogen) atoms. The van der Waals surface area contributed by atoms with E-state index in [1.807, 2.05) is 16.9 Å². The second-order valence-corrected chi connectivity index (χ2v) is 8.52. The van der Waals surface area contributed by atoms with Crippen LogP contribution in [0.3, 0.4) is 0 Å². The molecule has 7 nitrogen and oxygen atoms in total. The van der Waals surface area contributed by atoms with E-state index in [-0.39, 0.29) is 6.23 Å². The van der Waals surface area contributed by atoms with Gasteiger partial charge in [-0.15, -0.1) is 11.3 Å². The predicted molar refractivity (Wildman–Crippen MR) is 109 cm³/mol. The third-order valence-corrected chi connectivity index (χ3v) is 6.45. The van der Waals surface area contributed by atoms with Gasteiger partial charge in [0.1, 0.15) is 5.82 Å². The Kier molecular flexibility index (Phi) is 4.26. The molecule has 0 aliphatic carbocycles. The van der Waals surface area contributed by atoms with Crippen molar-refractivity contribution in [2.24, 2.45) is 0 Å². The van der Waals surface area contributed by atoms with E-state index < -0.39 is 0 Å². The maximum atomic E-state index is 6.07. The summed E-state index contributed by atoms with van der Waals surface area (Å²) in [5, 5.41) is 8.17. The van der Waals surface area contributed by atoms with Crippen LogP contribution in [0.5, 0.6) is 0 Å². The molecule has 0 radical (unpaired) electrons. The molecule has 5 rings (SSSR count). The Hall–Kier alpha value is -2.16. The fourth-order valence-corrected chi connectivity index (χ4v) is 5.03. The fraction of sp³-hybridized carbons (Fsp3) is 0.474. The molecule has 1 unspecified atom stereocenters. The smallest absolute Gasteiger partial charge is 0.150 e. The number of likely N-dealkylation sites (N-methyl/N-ethyl adjacent to an activating group) is 1. The molecule has 2 fully saturated rings. The summed E-state index contributed by atoms with van der Waals surface area (Å²) < 4.78 is 9.10. The summed E-state index contributed by atoms with van der Waals surface area (Å²) in [6, 6.07) is 6.58. The van der Waals surface area contributed by atoms with E-state index in [0.29, 0.717) is 11.9 Å². The van der Waals surface area contributed by atoms with Gasteiger partial charge in [-0.3, -0.25) is 0 Å². The summed E-state index contributed by atoms with van der Waals surface area (Å²) in [5.74, 6) is 0.547. The number of hydrogen-bond acceptors (Lipinski definition) is 7. The first-order chi connectivity index (χ1) is 13.2. The van der Waals surface area contributed by atoms with Gasteiger partial charge in [0.2, 0.25) is 0 Å². The highest BCUT2D eigenvalue weighted by atomic mass is 32.1. The number of nitrogen functional groups attached to an aromatic ring is 1. The van der Waals surface area contributed by atoms with Gasteiger partial charge in [-0.05, 0) is 38.4 Å². The third kappa shape index (κ3) is 3.18. The van der Waals surface area contributed by atoms with E-state index >= 15 is 0 Å². The highest BCUT2D eigenvalue weighted by Crippen LogP contribution is 2.39. The van der Waals surface area contributed by atoms with Gasteiger partial charge in [-0.1, -0.05) is 0 Å². The van der Waals surface area contributed by atoms with E-state index in [1.54, 1.807) is 11.3 Å². The monoisotopic (exact) mass is 384 g/mol. The van der Waals surface area contributed by atoms with Crippen LogP contribution in [-0.4, -0.2) is 52.5 Å². The van der Waals surface area contributed by atoms with Crippen molar-refractivity contribution < 1.29 is 4.74 Å². The van der Waals surface area contributed by atoms with Crippen LogP contribution in [-0.2, 0) is 4.74 Å². The van der Waals surface area contributed by atoms with E-state index in [9.17, 15) is 0 Å². The predicted octanol–water partition coefficient (Wildman–Crippen LogP) is 3.17. The molecule has 3 aromatic rings. The summed E-state index contributed by atoms with van der Waals surface area (Å²) >= 11 is 1.74. The third-order valence-electron chi connectivity index (χ3n) is 5.27. The molecule has 2 aliphatic rings. The Morgan fingerprint density at radius 2 is 2.19 bits per heavy atom. The standard InChI is InChI=1S/C19H24N6OS/c1-24-10-12(11-24)22-14-9-17(20)23-13-8-16(27-19(13)14)15-5-6-21-25(15)18-4-2-3-7-26-18/h5-6,8-9,12,18H,2-4,7,10-11H2,1H3,(H3,20,22,23). The first-order valence-corrected chi connectivity index (χ1v) is 10.3. The fourth-order valence-electron chi connectivity index (χ4n) is 3.94. The lowest BCUT2D eigenvalue weighted by molar-refractivity contribution is -0.0383. The average Bonchev–Trinajstić information content (AvgIpc) is 3.27. The molecule has 0 spiro atoms. The van der Waals surface area contributed by atoms with Crippen LogP contribution in [0.25, 0.3) is 20.8 Å². The molecule has 2 saturated heterocycles. The van der Waals surface area contributed by atoms with Crippen molar-refractivity contribution in [3.05, 3.63) is 24.4 Å². The first-order valence-electron chi connectivity index (χ1n) is 9.48. The molecule has 2 aliphatic heterocycles. The summed E-state index contributed by atoms with van der Waals surface area (Å²) in [4.78, 5) is 7.99. The lowest BCUT2D eigenvalue weighted by Gasteiger charge is -2.37. The van der Waals surface area contributed by atoms with Crippen LogP contribution in [0.2, 0.25) is 0 Å². The molecule has 0 aromatic carbocycles. The zero-order chi connectivity index (χ0) is 18.4. The molecule has 0 saturated carbocycles. The molecule has 5 heterocycles. The van der Waals surface area contributed by atoms with E-state index in [1.165, 1.54) is 6.42 Å². The van der Waals surface area contributed by atoms with Crippen molar-refractivity contribution >= 4 is 33.1 Å². The second kappa shape index (κ2) is 6.78. The highest BCUT2D eigenvalue weighted by Gasteiger charge is 2.25. The number of ether oxygens (including phenoxy) is 1. The molecule has 142 valence electrons. The highest BCUT2D eigenvalue weighted by molar-refractivity contribution is 7.22. The molecule has 0 amide bonds. The number of pyridine rings is 1. The van der Waals surface area contributed by atoms with Gasteiger partial charge in [-0.25, -0.2) is 9.67 Å². The topological polar surface area (TPSA) is 81.2 Å². The van der Waals surface area contributed by atoms with Crippen LogP contribution >= 0.6 is 11.3 Å². The van der Waals surface area contributed by atoms with Gasteiger partial charge in [0, 0.05) is 32.0 Å². The van der Waals surface area contributed by atoms with Gasteiger partial charge in [-0.2, -0.15) is 5.10 Å². The number of aromatic nitrogens is 3. The van der Waals surface area contributed by atoms with Crippen LogP contribution in [0.15, 0.2) is 24.4 Å². The van der Waals surface area contributed by atoms with Gasteiger partial charge in [0.25, 0.3) is 0 Å². The first kappa shape index (κ1) is 17.0. The van der Waals surface area contributed by atoms with Crippen molar-refractivity contribution in [3.63, 3.8) is 0 Å². The Morgan fingerprint density at radius 3 is 2.96 bits per heavy atom. The van der Waals surface area contributed by atoms with Gasteiger partial charge in [0.15, 0.2) is 6.23 Å². The van der Waals surface area contributed by atoms with Crippen LogP contribution in [0, 0.1) is 0 Å². The summed E-state index contributed by atoms with van der Waals surface area (Å²) in [7, 11) is 2.13. The largest absolute Gasteiger partial charge is 0.384 e. The zero-order valence-electron chi connectivity index (χ0n) is 15.4. The lowest BCUT2D eigenvalue weighted by Crippen LogP contribution is -2.52. The molecule has 3 N–H and O–H groups in total. The number of nitrogens with one attached hydrogen (secondary N) is 1. The molecular formula is C19H24N6OS. The number of thiophene rings is 1. The van der Waals surface area contributed by atoms with Crippen molar-refractivity contribution in [3.8, 4) is 10.6 Å². The zero-order valence-corrected chi connectivity index (χ0v) is 16.2. The normalized spacial score (nSPS) is 21.4. The summed E-state index contributed by atoms with van der Waals surface area (Å²) in [6.45, 7) is 2.90. The number of nitrogens with two attached hydrogens (primary N) is 1. The molecule has 0 bridgehead atoms. The van der Waals surface area contributed by atoms with E-state index in [4.69, 9.17) is 10.5 Å². The number of rotatable bonds is 4. The summed E-state index contributed by atoms with van der Waals surface area (Å²) in [5.41, 5.74) is 9.16. The molecular weight excluding hydrogens is 360 g/mol.